The number of sulfonamides is 1. The van der Waals surface area contributed by atoms with Crippen molar-refractivity contribution in [2.75, 3.05) is 0 Å². The molecule has 104 valence electrons. The molecule has 7 heteroatoms. The summed E-state index contributed by atoms with van der Waals surface area (Å²) in [4.78, 5) is 0. The molecule has 0 aromatic carbocycles. The molecule has 0 aliphatic heterocycles. The second-order valence-corrected chi connectivity index (χ2v) is 5.83. The molecule has 2 aromatic rings. The van der Waals surface area contributed by atoms with Crippen molar-refractivity contribution in [3.8, 4) is 0 Å². The van der Waals surface area contributed by atoms with E-state index in [-0.39, 0.29) is 23.5 Å². The number of aliphatic hydroxyl groups is 1. The van der Waals surface area contributed by atoms with Gasteiger partial charge in [0.15, 0.2) is 0 Å². The molecule has 0 fully saturated rings. The minimum atomic E-state index is -3.72. The number of aliphatic hydroxyl groups excluding tert-OH is 1. The van der Waals surface area contributed by atoms with Crippen LogP contribution in [0.25, 0.3) is 0 Å². The van der Waals surface area contributed by atoms with Crippen LogP contribution in [-0.2, 0) is 23.1 Å². The third-order valence-electron chi connectivity index (χ3n) is 2.50. The molecular weight excluding hydrogens is 270 g/mol. The van der Waals surface area contributed by atoms with E-state index in [1.54, 1.807) is 19.1 Å². The van der Waals surface area contributed by atoms with Crippen LogP contribution in [0.3, 0.4) is 0 Å². The molecule has 0 radical (unpaired) electrons. The van der Waals surface area contributed by atoms with Crippen LogP contribution >= 0.6 is 0 Å². The molecule has 19 heavy (non-hydrogen) atoms. The van der Waals surface area contributed by atoms with E-state index in [0.717, 1.165) is 0 Å². The molecule has 0 aliphatic rings. The highest BCUT2D eigenvalue weighted by molar-refractivity contribution is 7.89. The number of hydrogen-bond acceptors (Lipinski definition) is 5. The molecule has 0 aliphatic carbocycles. The molecule has 0 saturated carbocycles. The molecule has 1 unspecified atom stereocenters. The van der Waals surface area contributed by atoms with Gasteiger partial charge in [0.1, 0.15) is 18.1 Å². The molecule has 2 heterocycles. The summed E-state index contributed by atoms with van der Waals surface area (Å²) in [5, 5.41) is 8.64. The average molecular weight is 285 g/mol. The zero-order chi connectivity index (χ0) is 13.9. The number of furan rings is 2. The van der Waals surface area contributed by atoms with Crippen LogP contribution in [0.5, 0.6) is 0 Å². The molecular formula is C12H15NO5S. The highest BCUT2D eigenvalue weighted by Crippen LogP contribution is 2.15. The molecule has 0 saturated heterocycles. The minimum Gasteiger partial charge on any atom is -0.469 e. The largest absolute Gasteiger partial charge is 0.469 e. The van der Waals surface area contributed by atoms with Crippen LogP contribution < -0.4 is 4.72 Å². The van der Waals surface area contributed by atoms with E-state index in [9.17, 15) is 8.42 Å². The normalized spacial score (nSPS) is 13.6. The van der Waals surface area contributed by atoms with E-state index < -0.39 is 10.0 Å². The first-order chi connectivity index (χ1) is 9.01. The van der Waals surface area contributed by atoms with E-state index in [1.807, 2.05) is 0 Å². The summed E-state index contributed by atoms with van der Waals surface area (Å²) in [6.07, 6.45) is 1.98. The van der Waals surface area contributed by atoms with E-state index in [4.69, 9.17) is 13.9 Å². The average Bonchev–Trinajstić information content (AvgIpc) is 2.97. The highest BCUT2D eigenvalue weighted by atomic mass is 32.2. The van der Waals surface area contributed by atoms with Crippen LogP contribution in [0.4, 0.5) is 0 Å². The first kappa shape index (κ1) is 13.9. The van der Waals surface area contributed by atoms with Crippen LogP contribution in [-0.4, -0.2) is 19.6 Å². The maximum absolute atomic E-state index is 12.0. The van der Waals surface area contributed by atoms with Gasteiger partial charge in [-0.05, 0) is 31.2 Å². The smallest absolute Gasteiger partial charge is 0.274 e. The van der Waals surface area contributed by atoms with Crippen LogP contribution in [0.1, 0.15) is 18.4 Å². The third kappa shape index (κ3) is 3.46. The highest BCUT2D eigenvalue weighted by Gasteiger charge is 2.21. The van der Waals surface area contributed by atoms with Crippen molar-refractivity contribution in [2.24, 2.45) is 0 Å². The fourth-order valence-electron chi connectivity index (χ4n) is 1.68. The maximum atomic E-state index is 12.0. The molecule has 1 atom stereocenters. The lowest BCUT2D eigenvalue weighted by molar-refractivity contribution is 0.236. The lowest BCUT2D eigenvalue weighted by atomic mass is 10.2. The Balaban J connectivity index is 2.04. The summed E-state index contributed by atoms with van der Waals surface area (Å²) in [6, 6.07) is 5.93. The molecule has 0 spiro atoms. The van der Waals surface area contributed by atoms with Gasteiger partial charge in [0, 0.05) is 12.5 Å². The Labute approximate surface area is 111 Å². The van der Waals surface area contributed by atoms with Gasteiger partial charge in [-0.15, -0.1) is 0 Å². The zero-order valence-electron chi connectivity index (χ0n) is 10.4. The van der Waals surface area contributed by atoms with Gasteiger partial charge in [-0.1, -0.05) is 0 Å². The summed E-state index contributed by atoms with van der Waals surface area (Å²) in [5.74, 6) is 0.907. The summed E-state index contributed by atoms with van der Waals surface area (Å²) < 4.78 is 36.6. The monoisotopic (exact) mass is 285 g/mol. The third-order valence-corrected chi connectivity index (χ3v) is 3.96. The fourth-order valence-corrected chi connectivity index (χ4v) is 2.88. The van der Waals surface area contributed by atoms with Crippen molar-refractivity contribution in [1.29, 1.82) is 0 Å². The Morgan fingerprint density at radius 2 is 2.11 bits per heavy atom. The molecule has 2 N–H and O–H groups in total. The Morgan fingerprint density at radius 3 is 2.68 bits per heavy atom. The number of rotatable bonds is 6. The molecule has 2 rings (SSSR count). The van der Waals surface area contributed by atoms with E-state index >= 15 is 0 Å². The fraction of sp³-hybridized carbons (Fsp3) is 0.333. The van der Waals surface area contributed by atoms with Gasteiger partial charge in [0.25, 0.3) is 10.0 Å². The van der Waals surface area contributed by atoms with Crippen LogP contribution in [0, 0.1) is 0 Å². The van der Waals surface area contributed by atoms with Crippen molar-refractivity contribution >= 4 is 10.0 Å². The second kappa shape index (κ2) is 5.60. The van der Waals surface area contributed by atoms with Gasteiger partial charge in [0.05, 0.1) is 6.26 Å². The van der Waals surface area contributed by atoms with Crippen LogP contribution in [0.15, 0.2) is 44.5 Å². The van der Waals surface area contributed by atoms with Gasteiger partial charge >= 0.3 is 0 Å². The van der Waals surface area contributed by atoms with Gasteiger partial charge in [-0.3, -0.25) is 0 Å². The van der Waals surface area contributed by atoms with Crippen molar-refractivity contribution in [2.45, 2.75) is 31.1 Å². The Kier molecular flexibility index (Phi) is 4.08. The van der Waals surface area contributed by atoms with Gasteiger partial charge < -0.3 is 13.9 Å². The molecule has 0 bridgehead atoms. The first-order valence-corrected chi connectivity index (χ1v) is 7.24. The summed E-state index contributed by atoms with van der Waals surface area (Å²) >= 11 is 0. The van der Waals surface area contributed by atoms with E-state index in [0.29, 0.717) is 12.2 Å². The van der Waals surface area contributed by atoms with Crippen molar-refractivity contribution < 1.29 is 22.4 Å². The predicted molar refractivity (Wildman–Crippen MR) is 66.8 cm³/mol. The number of nitrogens with one attached hydrogen (secondary N) is 1. The lowest BCUT2D eigenvalue weighted by Crippen LogP contribution is -2.33. The lowest BCUT2D eigenvalue weighted by Gasteiger charge is -2.11. The predicted octanol–water partition coefficient (Wildman–Crippen LogP) is 1.27. The SMILES string of the molecule is CC(Cc1ccco1)NS(=O)(=O)c1ccc(CO)o1. The minimum absolute atomic E-state index is 0.206. The van der Waals surface area contributed by atoms with Gasteiger partial charge in [-0.2, -0.15) is 0 Å². The molecule has 0 amide bonds. The Hall–Kier alpha value is -1.57. The van der Waals surface area contributed by atoms with Crippen molar-refractivity contribution in [1.82, 2.24) is 4.72 Å². The summed E-state index contributed by atoms with van der Waals surface area (Å²) in [7, 11) is -3.72. The summed E-state index contributed by atoms with van der Waals surface area (Å²) in [5.41, 5.74) is 0. The quantitative estimate of drug-likeness (QED) is 0.834. The first-order valence-electron chi connectivity index (χ1n) is 5.75. The molecule has 6 nitrogen and oxygen atoms in total. The van der Waals surface area contributed by atoms with Gasteiger partial charge in [0.2, 0.25) is 5.09 Å². The summed E-state index contributed by atoms with van der Waals surface area (Å²) in [6.45, 7) is 1.40. The van der Waals surface area contributed by atoms with Gasteiger partial charge in [-0.25, -0.2) is 13.1 Å². The topological polar surface area (TPSA) is 92.7 Å². The molecule has 2 aromatic heterocycles. The standard InChI is InChI=1S/C12H15NO5S/c1-9(7-10-3-2-6-17-10)13-19(15,16)12-5-4-11(8-14)18-12/h2-6,9,13-14H,7-8H2,1H3. The maximum Gasteiger partial charge on any atom is 0.274 e. The van der Waals surface area contributed by atoms with Crippen molar-refractivity contribution in [3.63, 3.8) is 0 Å². The van der Waals surface area contributed by atoms with Crippen LogP contribution in [0.2, 0.25) is 0 Å². The Morgan fingerprint density at radius 1 is 1.32 bits per heavy atom. The van der Waals surface area contributed by atoms with E-state index in [2.05, 4.69) is 4.72 Å². The zero-order valence-corrected chi connectivity index (χ0v) is 11.2. The van der Waals surface area contributed by atoms with E-state index in [1.165, 1.54) is 18.4 Å². The number of hydrogen-bond donors (Lipinski definition) is 2. The Bertz CT molecular complexity index is 614. The second-order valence-electron chi connectivity index (χ2n) is 4.18. The van der Waals surface area contributed by atoms with Crippen molar-refractivity contribution in [3.05, 3.63) is 42.0 Å².